The minimum atomic E-state index is -0.000355. The SMILES string of the molecule is Cc1ccc2nc(NC(=O)C3CCC(C(C)(C)C)CC3)nc(NC3CCCCC3N=C(N)N)c2c1. The average molecular weight is 480 g/mol. The van der Waals surface area contributed by atoms with Crippen LogP contribution in [0, 0.1) is 24.2 Å². The van der Waals surface area contributed by atoms with Gasteiger partial charge in [0, 0.05) is 11.3 Å². The summed E-state index contributed by atoms with van der Waals surface area (Å²) >= 11 is 0. The van der Waals surface area contributed by atoms with Gasteiger partial charge < -0.3 is 16.8 Å². The second-order valence-electron chi connectivity index (χ2n) is 11.5. The molecule has 6 N–H and O–H groups in total. The monoisotopic (exact) mass is 479 g/mol. The quantitative estimate of drug-likeness (QED) is 0.362. The number of guanidine groups is 1. The van der Waals surface area contributed by atoms with Crippen LogP contribution in [-0.2, 0) is 4.79 Å². The van der Waals surface area contributed by atoms with Crippen molar-refractivity contribution in [2.75, 3.05) is 10.6 Å². The zero-order chi connectivity index (χ0) is 25.2. The van der Waals surface area contributed by atoms with Crippen molar-refractivity contribution in [2.24, 2.45) is 33.7 Å². The number of amides is 1. The van der Waals surface area contributed by atoms with E-state index in [0.717, 1.165) is 67.8 Å². The van der Waals surface area contributed by atoms with Gasteiger partial charge in [0.25, 0.3) is 0 Å². The van der Waals surface area contributed by atoms with E-state index in [1.54, 1.807) is 0 Å². The number of hydrogen-bond acceptors (Lipinski definition) is 5. The molecule has 8 nitrogen and oxygen atoms in total. The Kier molecular flexibility index (Phi) is 7.47. The first-order valence-corrected chi connectivity index (χ1v) is 13.0. The zero-order valence-electron chi connectivity index (χ0n) is 21.6. The van der Waals surface area contributed by atoms with Crippen LogP contribution in [0.3, 0.4) is 0 Å². The first-order valence-electron chi connectivity index (χ1n) is 13.0. The second-order valence-corrected chi connectivity index (χ2v) is 11.5. The summed E-state index contributed by atoms with van der Waals surface area (Å²) in [6.45, 7) is 8.93. The third-order valence-corrected chi connectivity index (χ3v) is 7.78. The number of fused-ring (bicyclic) bond motifs is 1. The molecule has 0 aliphatic heterocycles. The number of nitrogens with zero attached hydrogens (tertiary/aromatic N) is 3. The topological polar surface area (TPSA) is 131 Å². The zero-order valence-corrected chi connectivity index (χ0v) is 21.6. The van der Waals surface area contributed by atoms with Gasteiger partial charge >= 0.3 is 0 Å². The molecule has 0 bridgehead atoms. The fourth-order valence-electron chi connectivity index (χ4n) is 5.64. The van der Waals surface area contributed by atoms with E-state index in [2.05, 4.69) is 54.4 Å². The second kappa shape index (κ2) is 10.4. The van der Waals surface area contributed by atoms with Crippen LogP contribution >= 0.6 is 0 Å². The molecule has 2 aromatic rings. The smallest absolute Gasteiger partial charge is 0.231 e. The standard InChI is InChI=1S/C27H41N7O/c1-16-9-14-20-19(15-16)23(30-21-7-5-6-8-22(21)31-25(28)29)33-26(32-20)34-24(35)17-10-12-18(13-11-17)27(2,3)4/h9,14-15,17-18,21-22H,5-8,10-13H2,1-4H3,(H4,28,29,31)(H2,30,32,33,34,35). The lowest BCUT2D eigenvalue weighted by molar-refractivity contribution is -0.121. The van der Waals surface area contributed by atoms with Crippen LogP contribution in [0.2, 0.25) is 0 Å². The Morgan fingerprint density at radius 2 is 1.74 bits per heavy atom. The summed E-state index contributed by atoms with van der Waals surface area (Å²) in [5, 5.41) is 7.56. The van der Waals surface area contributed by atoms with Gasteiger partial charge in [0.2, 0.25) is 11.9 Å². The molecule has 190 valence electrons. The van der Waals surface area contributed by atoms with Crippen molar-refractivity contribution in [3.8, 4) is 0 Å². The summed E-state index contributed by atoms with van der Waals surface area (Å²) < 4.78 is 0. The van der Waals surface area contributed by atoms with Crippen LogP contribution < -0.4 is 22.1 Å². The van der Waals surface area contributed by atoms with Crippen molar-refractivity contribution < 1.29 is 4.79 Å². The predicted octanol–water partition coefficient (Wildman–Crippen LogP) is 4.73. The van der Waals surface area contributed by atoms with E-state index in [-0.39, 0.29) is 35.3 Å². The lowest BCUT2D eigenvalue weighted by atomic mass is 9.70. The summed E-state index contributed by atoms with van der Waals surface area (Å²) in [7, 11) is 0. The van der Waals surface area contributed by atoms with Gasteiger partial charge in [-0.3, -0.25) is 10.1 Å². The molecule has 8 heteroatoms. The molecular formula is C27H41N7O. The number of aliphatic imine (C=N–C) groups is 1. The highest BCUT2D eigenvalue weighted by Crippen LogP contribution is 2.40. The van der Waals surface area contributed by atoms with E-state index in [0.29, 0.717) is 17.7 Å². The highest BCUT2D eigenvalue weighted by molar-refractivity contribution is 5.95. The number of anilines is 2. The van der Waals surface area contributed by atoms with E-state index in [1.807, 2.05) is 12.1 Å². The Morgan fingerprint density at radius 1 is 1.03 bits per heavy atom. The van der Waals surface area contributed by atoms with Gasteiger partial charge in [-0.1, -0.05) is 45.2 Å². The third kappa shape index (κ3) is 6.21. The third-order valence-electron chi connectivity index (χ3n) is 7.78. The van der Waals surface area contributed by atoms with Crippen molar-refractivity contribution in [2.45, 2.75) is 91.1 Å². The number of nitrogens with one attached hydrogen (secondary N) is 2. The molecule has 4 rings (SSSR count). The predicted molar refractivity (Wildman–Crippen MR) is 143 cm³/mol. The van der Waals surface area contributed by atoms with Crippen LogP contribution in [0.25, 0.3) is 10.9 Å². The number of aromatic nitrogens is 2. The Bertz CT molecular complexity index is 1080. The van der Waals surface area contributed by atoms with E-state index >= 15 is 0 Å². The molecule has 0 radical (unpaired) electrons. The van der Waals surface area contributed by atoms with E-state index in [4.69, 9.17) is 16.5 Å². The van der Waals surface area contributed by atoms with Gasteiger partial charge in [-0.2, -0.15) is 4.98 Å². The molecule has 1 aromatic heterocycles. The largest absolute Gasteiger partial charge is 0.370 e. The number of hydrogen-bond donors (Lipinski definition) is 4. The number of carbonyl (C=O) groups is 1. The molecule has 2 fully saturated rings. The minimum absolute atomic E-state index is 0.000355. The van der Waals surface area contributed by atoms with Gasteiger partial charge in [-0.25, -0.2) is 9.98 Å². The van der Waals surface area contributed by atoms with Crippen molar-refractivity contribution in [3.05, 3.63) is 23.8 Å². The normalized spacial score (nSPS) is 25.1. The molecule has 35 heavy (non-hydrogen) atoms. The maximum Gasteiger partial charge on any atom is 0.231 e. The Balaban J connectivity index is 1.55. The number of benzene rings is 1. The Morgan fingerprint density at radius 3 is 2.43 bits per heavy atom. The Labute approximate surface area is 208 Å². The van der Waals surface area contributed by atoms with E-state index in [9.17, 15) is 4.79 Å². The van der Waals surface area contributed by atoms with Gasteiger partial charge in [-0.05, 0) is 68.9 Å². The highest BCUT2D eigenvalue weighted by atomic mass is 16.2. The first-order chi connectivity index (χ1) is 16.6. The Hall–Kier alpha value is -2.90. The molecule has 1 heterocycles. The fourth-order valence-corrected chi connectivity index (χ4v) is 5.64. The van der Waals surface area contributed by atoms with Crippen molar-refractivity contribution in [1.29, 1.82) is 0 Å². The molecule has 1 amide bonds. The average Bonchev–Trinajstić information content (AvgIpc) is 2.80. The maximum absolute atomic E-state index is 13.1. The lowest BCUT2D eigenvalue weighted by Gasteiger charge is -2.36. The summed E-state index contributed by atoms with van der Waals surface area (Å²) in [6.07, 6.45) is 8.08. The fraction of sp³-hybridized carbons (Fsp3) is 0.630. The van der Waals surface area contributed by atoms with Crippen LogP contribution in [0.15, 0.2) is 23.2 Å². The molecule has 1 aromatic carbocycles. The molecule has 2 aliphatic carbocycles. The van der Waals surface area contributed by atoms with E-state index < -0.39 is 0 Å². The van der Waals surface area contributed by atoms with Crippen LogP contribution in [-0.4, -0.2) is 33.9 Å². The first kappa shape index (κ1) is 25.2. The molecule has 2 atom stereocenters. The van der Waals surface area contributed by atoms with Gasteiger partial charge in [0.15, 0.2) is 5.96 Å². The van der Waals surface area contributed by atoms with Gasteiger partial charge in [0.1, 0.15) is 5.82 Å². The number of rotatable bonds is 5. The molecular weight excluding hydrogens is 438 g/mol. The molecule has 2 saturated carbocycles. The summed E-state index contributed by atoms with van der Waals surface area (Å²) in [5.74, 6) is 1.87. The van der Waals surface area contributed by atoms with Crippen LogP contribution in [0.4, 0.5) is 11.8 Å². The number of nitrogens with two attached hydrogens (primary N) is 2. The summed E-state index contributed by atoms with van der Waals surface area (Å²) in [6, 6.07) is 6.16. The van der Waals surface area contributed by atoms with Crippen LogP contribution in [0.1, 0.15) is 77.7 Å². The molecule has 2 unspecified atom stereocenters. The van der Waals surface area contributed by atoms with E-state index in [1.165, 1.54) is 0 Å². The van der Waals surface area contributed by atoms with Crippen molar-refractivity contribution in [3.63, 3.8) is 0 Å². The molecule has 2 aliphatic rings. The summed E-state index contributed by atoms with van der Waals surface area (Å²) in [5.41, 5.74) is 13.6. The molecule has 0 spiro atoms. The van der Waals surface area contributed by atoms with Gasteiger partial charge in [0.05, 0.1) is 17.6 Å². The highest BCUT2D eigenvalue weighted by Gasteiger charge is 2.33. The summed E-state index contributed by atoms with van der Waals surface area (Å²) in [4.78, 5) is 27.0. The molecule has 0 saturated heterocycles. The maximum atomic E-state index is 13.1. The number of aryl methyl sites for hydroxylation is 1. The van der Waals surface area contributed by atoms with Crippen molar-refractivity contribution >= 4 is 34.5 Å². The number of carbonyl (C=O) groups excluding carboxylic acids is 1. The van der Waals surface area contributed by atoms with Crippen molar-refractivity contribution in [1.82, 2.24) is 9.97 Å². The minimum Gasteiger partial charge on any atom is -0.370 e. The lowest BCUT2D eigenvalue weighted by Crippen LogP contribution is -2.38. The van der Waals surface area contributed by atoms with Gasteiger partial charge in [-0.15, -0.1) is 0 Å². The van der Waals surface area contributed by atoms with Crippen LogP contribution in [0.5, 0.6) is 0 Å².